The zero-order valence-corrected chi connectivity index (χ0v) is 11.6. The Morgan fingerprint density at radius 1 is 1.10 bits per heavy atom. The van der Waals surface area contributed by atoms with Gasteiger partial charge in [-0.3, -0.25) is 0 Å². The minimum atomic E-state index is -4.33. The first-order valence-electron chi connectivity index (χ1n) is 5.94. The Kier molecular flexibility index (Phi) is 6.73. The zero-order chi connectivity index (χ0) is 15.0. The predicted octanol–water partition coefficient (Wildman–Crippen LogP) is 2.34. The minimum absolute atomic E-state index is 0.00249. The summed E-state index contributed by atoms with van der Waals surface area (Å²) in [6, 6.07) is 0. The van der Waals surface area contributed by atoms with Crippen LogP contribution < -0.4 is 10.6 Å². The molecule has 0 aromatic carbocycles. The fourth-order valence-electron chi connectivity index (χ4n) is 1.17. The summed E-state index contributed by atoms with van der Waals surface area (Å²) in [7, 11) is 0. The van der Waals surface area contributed by atoms with E-state index in [0.29, 0.717) is 12.5 Å². The van der Waals surface area contributed by atoms with Crippen molar-refractivity contribution in [2.75, 3.05) is 36.9 Å². The Hall–Kier alpha value is -1.35. The predicted molar refractivity (Wildman–Crippen MR) is 69.0 cm³/mol. The van der Waals surface area contributed by atoms with Crippen molar-refractivity contribution < 1.29 is 17.9 Å². The molecule has 6 nitrogen and oxygen atoms in total. The largest absolute Gasteiger partial charge is 0.411 e. The van der Waals surface area contributed by atoms with Crippen LogP contribution >= 0.6 is 11.6 Å². The van der Waals surface area contributed by atoms with Crippen LogP contribution in [0.2, 0.25) is 5.28 Å². The first-order valence-corrected chi connectivity index (χ1v) is 6.32. The van der Waals surface area contributed by atoms with Crippen molar-refractivity contribution in [3.05, 3.63) is 5.28 Å². The van der Waals surface area contributed by atoms with Gasteiger partial charge in [0.1, 0.15) is 6.61 Å². The lowest BCUT2D eigenvalue weighted by molar-refractivity contribution is -0.172. The number of hydrogen-bond acceptors (Lipinski definition) is 6. The first-order chi connectivity index (χ1) is 9.40. The lowest BCUT2D eigenvalue weighted by Gasteiger charge is -2.09. The molecule has 10 heteroatoms. The van der Waals surface area contributed by atoms with Crippen LogP contribution in [0.4, 0.5) is 25.1 Å². The van der Waals surface area contributed by atoms with Crippen LogP contribution in [-0.2, 0) is 4.74 Å². The number of anilines is 2. The van der Waals surface area contributed by atoms with E-state index in [1.165, 1.54) is 0 Å². The van der Waals surface area contributed by atoms with E-state index in [1.54, 1.807) is 0 Å². The third kappa shape index (κ3) is 7.29. The molecule has 0 fully saturated rings. The Bertz CT molecular complexity index is 418. The molecule has 0 radical (unpaired) electrons. The number of halogens is 4. The van der Waals surface area contributed by atoms with Gasteiger partial charge in [-0.1, -0.05) is 6.92 Å². The Balaban J connectivity index is 2.37. The number of nitrogens with zero attached hydrogens (tertiary/aromatic N) is 3. The highest BCUT2D eigenvalue weighted by Gasteiger charge is 2.27. The van der Waals surface area contributed by atoms with Gasteiger partial charge in [0.15, 0.2) is 0 Å². The molecule has 0 amide bonds. The number of rotatable bonds is 8. The second kappa shape index (κ2) is 8.05. The van der Waals surface area contributed by atoms with E-state index in [-0.39, 0.29) is 24.4 Å². The fraction of sp³-hybridized carbons (Fsp3) is 0.700. The number of alkyl halides is 3. The molecule has 1 aromatic heterocycles. The van der Waals surface area contributed by atoms with Crippen LogP contribution in [0.5, 0.6) is 0 Å². The van der Waals surface area contributed by atoms with E-state index in [2.05, 4.69) is 30.3 Å². The molecule has 2 N–H and O–H groups in total. The highest BCUT2D eigenvalue weighted by molar-refractivity contribution is 6.28. The summed E-state index contributed by atoms with van der Waals surface area (Å²) in [6.45, 7) is 1.38. The summed E-state index contributed by atoms with van der Waals surface area (Å²) < 4.78 is 39.9. The van der Waals surface area contributed by atoms with E-state index in [1.807, 2.05) is 6.92 Å². The van der Waals surface area contributed by atoms with Crippen LogP contribution in [0, 0.1) is 0 Å². The Morgan fingerprint density at radius 3 is 2.25 bits per heavy atom. The second-order valence-corrected chi connectivity index (χ2v) is 4.11. The summed E-state index contributed by atoms with van der Waals surface area (Å²) in [5.74, 6) is 0.491. The summed E-state index contributed by atoms with van der Waals surface area (Å²) in [5.41, 5.74) is 0. The van der Waals surface area contributed by atoms with Crippen molar-refractivity contribution in [2.24, 2.45) is 0 Å². The van der Waals surface area contributed by atoms with Gasteiger partial charge in [-0.15, -0.1) is 0 Å². The lowest BCUT2D eigenvalue weighted by Crippen LogP contribution is -2.20. The topological polar surface area (TPSA) is 72.0 Å². The van der Waals surface area contributed by atoms with Crippen LogP contribution in [-0.4, -0.2) is 47.4 Å². The zero-order valence-electron chi connectivity index (χ0n) is 10.8. The minimum Gasteiger partial charge on any atom is -0.370 e. The molecule has 1 aromatic rings. The quantitative estimate of drug-likeness (QED) is 0.718. The highest BCUT2D eigenvalue weighted by atomic mass is 35.5. The van der Waals surface area contributed by atoms with Crippen molar-refractivity contribution >= 4 is 23.5 Å². The second-order valence-electron chi connectivity index (χ2n) is 3.77. The number of ether oxygens (including phenoxy) is 1. The van der Waals surface area contributed by atoms with Crippen molar-refractivity contribution in [2.45, 2.75) is 19.5 Å². The Labute approximate surface area is 119 Å². The summed E-state index contributed by atoms with van der Waals surface area (Å²) in [5, 5.41) is 5.64. The monoisotopic (exact) mass is 313 g/mol. The van der Waals surface area contributed by atoms with Crippen molar-refractivity contribution in [3.8, 4) is 0 Å². The molecule has 1 heterocycles. The van der Waals surface area contributed by atoms with E-state index in [9.17, 15) is 13.2 Å². The van der Waals surface area contributed by atoms with Crippen molar-refractivity contribution in [1.82, 2.24) is 15.0 Å². The number of hydrogen-bond donors (Lipinski definition) is 2. The summed E-state index contributed by atoms with van der Waals surface area (Å²) >= 11 is 5.71. The van der Waals surface area contributed by atoms with Crippen LogP contribution in [0.15, 0.2) is 0 Å². The smallest absolute Gasteiger partial charge is 0.370 e. The molecule has 114 valence electrons. The van der Waals surface area contributed by atoms with Gasteiger partial charge in [0.2, 0.25) is 17.2 Å². The molecule has 0 spiro atoms. The lowest BCUT2D eigenvalue weighted by atomic mass is 10.5. The van der Waals surface area contributed by atoms with Gasteiger partial charge >= 0.3 is 6.18 Å². The molecular formula is C10H15ClF3N5O. The van der Waals surface area contributed by atoms with Gasteiger partial charge in [-0.25, -0.2) is 0 Å². The average molecular weight is 314 g/mol. The van der Waals surface area contributed by atoms with Gasteiger partial charge in [-0.2, -0.15) is 28.1 Å². The normalized spacial score (nSPS) is 11.4. The van der Waals surface area contributed by atoms with E-state index in [0.717, 1.165) is 6.42 Å². The average Bonchev–Trinajstić information content (AvgIpc) is 2.34. The van der Waals surface area contributed by atoms with Gasteiger partial charge in [0.05, 0.1) is 6.61 Å². The fourth-order valence-corrected chi connectivity index (χ4v) is 1.33. The maximum absolute atomic E-state index is 11.8. The highest BCUT2D eigenvalue weighted by Crippen LogP contribution is 2.14. The SMILES string of the molecule is CCCNc1nc(Cl)nc(NCCOCC(F)(F)F)n1. The molecule has 0 aliphatic heterocycles. The first kappa shape index (κ1) is 16.7. The third-order valence-electron chi connectivity index (χ3n) is 1.94. The molecule has 0 atom stereocenters. The van der Waals surface area contributed by atoms with E-state index >= 15 is 0 Å². The van der Waals surface area contributed by atoms with Gasteiger partial charge in [0.25, 0.3) is 0 Å². The van der Waals surface area contributed by atoms with Crippen LogP contribution in [0.1, 0.15) is 13.3 Å². The van der Waals surface area contributed by atoms with Gasteiger partial charge < -0.3 is 15.4 Å². The molecule has 0 saturated heterocycles. The number of nitrogens with one attached hydrogen (secondary N) is 2. The molecule has 0 unspecified atom stereocenters. The molecule has 0 saturated carbocycles. The molecular weight excluding hydrogens is 299 g/mol. The maximum Gasteiger partial charge on any atom is 0.411 e. The number of aromatic nitrogens is 3. The van der Waals surface area contributed by atoms with Gasteiger partial charge in [0, 0.05) is 13.1 Å². The van der Waals surface area contributed by atoms with E-state index in [4.69, 9.17) is 11.6 Å². The molecule has 0 bridgehead atoms. The Morgan fingerprint density at radius 2 is 1.70 bits per heavy atom. The summed E-state index contributed by atoms with van der Waals surface area (Å²) in [6.07, 6.45) is -3.44. The molecule has 20 heavy (non-hydrogen) atoms. The van der Waals surface area contributed by atoms with Crippen LogP contribution in [0.25, 0.3) is 0 Å². The van der Waals surface area contributed by atoms with Crippen molar-refractivity contribution in [3.63, 3.8) is 0 Å². The van der Waals surface area contributed by atoms with Crippen LogP contribution in [0.3, 0.4) is 0 Å². The third-order valence-corrected chi connectivity index (χ3v) is 2.11. The van der Waals surface area contributed by atoms with Crippen molar-refractivity contribution in [1.29, 1.82) is 0 Å². The van der Waals surface area contributed by atoms with E-state index < -0.39 is 12.8 Å². The molecule has 0 aliphatic carbocycles. The van der Waals surface area contributed by atoms with Gasteiger partial charge in [-0.05, 0) is 18.0 Å². The molecule has 1 rings (SSSR count). The summed E-state index contributed by atoms with van der Waals surface area (Å²) in [4.78, 5) is 11.7. The standard InChI is InChI=1S/C10H15ClF3N5O/c1-2-3-15-8-17-7(11)18-9(19-8)16-4-5-20-6-10(12,13)14/h2-6H2,1H3,(H2,15,16,17,18,19). The molecule has 0 aliphatic rings. The maximum atomic E-state index is 11.8.